The second-order valence-corrected chi connectivity index (χ2v) is 6.36. The maximum absolute atomic E-state index is 13.6. The van der Waals surface area contributed by atoms with E-state index < -0.39 is 23.1 Å². The van der Waals surface area contributed by atoms with E-state index in [1.54, 1.807) is 0 Å². The molecule has 98 valence electrons. The third kappa shape index (κ3) is 2.91. The van der Waals surface area contributed by atoms with Gasteiger partial charge in [-0.05, 0) is 25.0 Å². The van der Waals surface area contributed by atoms with Gasteiger partial charge in [0.15, 0.2) is 0 Å². The molecule has 1 saturated carbocycles. The fraction of sp³-hybridized carbons (Fsp3) is 0.417. The summed E-state index contributed by atoms with van der Waals surface area (Å²) in [6.45, 7) is 0. The summed E-state index contributed by atoms with van der Waals surface area (Å²) in [5, 5.41) is 2.66. The third-order valence-electron chi connectivity index (χ3n) is 2.98. The van der Waals surface area contributed by atoms with Gasteiger partial charge in [-0.1, -0.05) is 38.3 Å². The molecule has 1 amide bonds. The predicted octanol–water partition coefficient (Wildman–Crippen LogP) is 3.77. The van der Waals surface area contributed by atoms with Gasteiger partial charge in [-0.2, -0.15) is 0 Å². The molecular formula is C12H11Br2F2NO. The number of benzene rings is 1. The molecule has 2 nitrogen and oxygen atoms in total. The van der Waals surface area contributed by atoms with Crippen molar-refractivity contribution in [2.45, 2.75) is 30.1 Å². The topological polar surface area (TPSA) is 29.1 Å². The largest absolute Gasteiger partial charge is 0.348 e. The zero-order valence-corrected chi connectivity index (χ0v) is 12.5. The molecule has 1 fully saturated rings. The summed E-state index contributed by atoms with van der Waals surface area (Å²) in [5.41, 5.74) is -0.523. The van der Waals surface area contributed by atoms with Crippen LogP contribution in [-0.2, 0) is 0 Å². The lowest BCUT2D eigenvalue weighted by Gasteiger charge is -2.16. The number of rotatable bonds is 2. The Balaban J connectivity index is 2.19. The van der Waals surface area contributed by atoms with Crippen molar-refractivity contribution in [3.8, 4) is 0 Å². The summed E-state index contributed by atoms with van der Waals surface area (Å²) < 4.78 is 27.5. The molecule has 1 aromatic rings. The lowest BCUT2D eigenvalue weighted by atomic mass is 10.1. The van der Waals surface area contributed by atoms with Crippen molar-refractivity contribution in [1.29, 1.82) is 0 Å². The monoisotopic (exact) mass is 381 g/mol. The number of hydrogen-bond acceptors (Lipinski definition) is 1. The molecule has 0 aliphatic heterocycles. The number of carbonyl (C=O) groups excluding carboxylic acids is 1. The summed E-state index contributed by atoms with van der Waals surface area (Å²) in [6.07, 6.45) is 2.77. The Kier molecular flexibility index (Phi) is 4.37. The van der Waals surface area contributed by atoms with E-state index in [0.717, 1.165) is 31.4 Å². The quantitative estimate of drug-likeness (QED) is 0.775. The van der Waals surface area contributed by atoms with Crippen LogP contribution in [0.4, 0.5) is 8.78 Å². The average Bonchev–Trinajstić information content (AvgIpc) is 2.62. The Morgan fingerprint density at radius 3 is 2.39 bits per heavy atom. The van der Waals surface area contributed by atoms with Gasteiger partial charge in [0.05, 0.1) is 0 Å². The van der Waals surface area contributed by atoms with Crippen LogP contribution in [0.15, 0.2) is 16.6 Å². The van der Waals surface area contributed by atoms with E-state index in [1.165, 1.54) is 0 Å². The molecule has 2 unspecified atom stereocenters. The maximum atomic E-state index is 13.6. The molecule has 0 radical (unpaired) electrons. The van der Waals surface area contributed by atoms with Gasteiger partial charge in [-0.3, -0.25) is 4.79 Å². The van der Waals surface area contributed by atoms with Crippen molar-refractivity contribution in [3.63, 3.8) is 0 Å². The molecule has 0 aromatic heterocycles. The van der Waals surface area contributed by atoms with Crippen LogP contribution in [0.1, 0.15) is 29.6 Å². The fourth-order valence-corrected chi connectivity index (χ4v) is 3.20. The zero-order chi connectivity index (χ0) is 13.3. The third-order valence-corrected chi connectivity index (χ3v) is 4.54. The minimum atomic E-state index is -0.858. The average molecular weight is 383 g/mol. The van der Waals surface area contributed by atoms with E-state index in [4.69, 9.17) is 0 Å². The number of alkyl halides is 1. The highest BCUT2D eigenvalue weighted by atomic mass is 79.9. The first-order chi connectivity index (χ1) is 8.49. The van der Waals surface area contributed by atoms with Gasteiger partial charge in [0, 0.05) is 15.3 Å². The van der Waals surface area contributed by atoms with E-state index in [2.05, 4.69) is 37.2 Å². The van der Waals surface area contributed by atoms with Gasteiger partial charge in [0.1, 0.15) is 17.2 Å². The molecule has 0 saturated heterocycles. The molecule has 18 heavy (non-hydrogen) atoms. The van der Waals surface area contributed by atoms with Crippen molar-refractivity contribution in [3.05, 3.63) is 33.8 Å². The molecular weight excluding hydrogens is 372 g/mol. The van der Waals surface area contributed by atoms with Gasteiger partial charge >= 0.3 is 0 Å². The predicted molar refractivity (Wildman–Crippen MR) is 71.9 cm³/mol. The molecule has 2 rings (SSSR count). The van der Waals surface area contributed by atoms with Crippen molar-refractivity contribution < 1.29 is 13.6 Å². The minimum Gasteiger partial charge on any atom is -0.348 e. The van der Waals surface area contributed by atoms with Crippen LogP contribution in [-0.4, -0.2) is 16.8 Å². The Hall–Kier alpha value is -0.490. The van der Waals surface area contributed by atoms with Crippen LogP contribution in [0.25, 0.3) is 0 Å². The smallest absolute Gasteiger partial charge is 0.257 e. The summed E-state index contributed by atoms with van der Waals surface area (Å²) in [4.78, 5) is 12.0. The summed E-state index contributed by atoms with van der Waals surface area (Å²) in [6, 6.07) is 2.09. The lowest BCUT2D eigenvalue weighted by molar-refractivity contribution is 0.0930. The summed E-state index contributed by atoms with van der Waals surface area (Å²) >= 11 is 6.42. The highest BCUT2D eigenvalue weighted by Gasteiger charge is 2.28. The first kappa shape index (κ1) is 13.9. The lowest BCUT2D eigenvalue weighted by Crippen LogP contribution is -2.38. The molecule has 1 N–H and O–H groups in total. The van der Waals surface area contributed by atoms with E-state index in [1.807, 2.05) is 0 Å². The van der Waals surface area contributed by atoms with E-state index in [0.29, 0.717) is 0 Å². The number of hydrogen-bond donors (Lipinski definition) is 1. The molecule has 1 aliphatic carbocycles. The maximum Gasteiger partial charge on any atom is 0.257 e. The Morgan fingerprint density at radius 2 is 1.89 bits per heavy atom. The van der Waals surface area contributed by atoms with E-state index in [9.17, 15) is 13.6 Å². The Bertz CT molecular complexity index is 458. The van der Waals surface area contributed by atoms with Gasteiger partial charge in [0.25, 0.3) is 5.91 Å². The van der Waals surface area contributed by atoms with Gasteiger partial charge in [0.2, 0.25) is 0 Å². The van der Waals surface area contributed by atoms with E-state index >= 15 is 0 Å². The first-order valence-corrected chi connectivity index (χ1v) is 7.29. The Morgan fingerprint density at radius 1 is 1.28 bits per heavy atom. The van der Waals surface area contributed by atoms with Gasteiger partial charge in [-0.25, -0.2) is 8.78 Å². The second kappa shape index (κ2) is 5.65. The van der Waals surface area contributed by atoms with Crippen LogP contribution < -0.4 is 5.32 Å². The molecule has 0 heterocycles. The van der Waals surface area contributed by atoms with Crippen LogP contribution in [0.2, 0.25) is 0 Å². The fourth-order valence-electron chi connectivity index (χ4n) is 2.08. The van der Waals surface area contributed by atoms with Gasteiger partial charge < -0.3 is 5.32 Å². The van der Waals surface area contributed by atoms with Crippen LogP contribution in [0, 0.1) is 11.6 Å². The number of carbonyl (C=O) groups is 1. The van der Waals surface area contributed by atoms with Crippen molar-refractivity contribution in [2.75, 3.05) is 0 Å². The number of amides is 1. The minimum absolute atomic E-state index is 0.0695. The molecule has 0 bridgehead atoms. The molecule has 6 heteroatoms. The first-order valence-electron chi connectivity index (χ1n) is 5.58. The highest BCUT2D eigenvalue weighted by Crippen LogP contribution is 2.26. The van der Waals surface area contributed by atoms with Crippen LogP contribution in [0.3, 0.4) is 0 Å². The molecule has 0 spiro atoms. The summed E-state index contributed by atoms with van der Waals surface area (Å²) in [7, 11) is 0. The number of halogens is 4. The number of nitrogens with one attached hydrogen (secondary N) is 1. The standard InChI is InChI=1S/C12H11Br2F2NO/c13-6-4-8(15)11(9(16)5-6)12(18)17-10-3-1-2-7(10)14/h4-5,7,10H,1-3H2,(H,17,18). The Labute approximate surface area is 120 Å². The summed E-state index contributed by atoms with van der Waals surface area (Å²) in [5.74, 6) is -2.42. The van der Waals surface area contributed by atoms with Gasteiger partial charge in [-0.15, -0.1) is 0 Å². The highest BCUT2D eigenvalue weighted by molar-refractivity contribution is 9.10. The second-order valence-electron chi connectivity index (χ2n) is 4.27. The molecule has 1 aromatic carbocycles. The molecule has 1 aliphatic rings. The zero-order valence-electron chi connectivity index (χ0n) is 9.35. The SMILES string of the molecule is O=C(NC1CCCC1Br)c1c(F)cc(Br)cc1F. The normalized spacial score (nSPS) is 23.1. The van der Waals surface area contributed by atoms with Crippen molar-refractivity contribution in [2.24, 2.45) is 0 Å². The van der Waals surface area contributed by atoms with Crippen molar-refractivity contribution >= 4 is 37.8 Å². The van der Waals surface area contributed by atoms with E-state index in [-0.39, 0.29) is 15.3 Å². The van der Waals surface area contributed by atoms with Crippen molar-refractivity contribution in [1.82, 2.24) is 5.32 Å². The van der Waals surface area contributed by atoms with Crippen LogP contribution >= 0.6 is 31.9 Å². The molecule has 2 atom stereocenters. The van der Waals surface area contributed by atoms with Crippen LogP contribution in [0.5, 0.6) is 0 Å².